The molecule has 4 rings (SSSR count). The van der Waals surface area contributed by atoms with Crippen LogP contribution < -0.4 is 0 Å². The van der Waals surface area contributed by atoms with Crippen LogP contribution in [0.15, 0.2) is 12.3 Å². The lowest BCUT2D eigenvalue weighted by atomic mass is 9.93. The maximum atomic E-state index is 12.8. The first kappa shape index (κ1) is 14.0. The van der Waals surface area contributed by atoms with Crippen LogP contribution in [0.25, 0.3) is 0 Å². The molecule has 1 aliphatic carbocycles. The second kappa shape index (κ2) is 5.54. The molecule has 2 aliphatic rings. The molecule has 0 aromatic carbocycles. The molecule has 1 fully saturated rings. The summed E-state index contributed by atoms with van der Waals surface area (Å²) in [5.41, 5.74) is 3.81. The lowest BCUT2D eigenvalue weighted by molar-refractivity contribution is 0.0710. The van der Waals surface area contributed by atoms with Crippen molar-refractivity contribution in [3.8, 4) is 0 Å². The molecule has 1 atom stereocenters. The third-order valence-electron chi connectivity index (χ3n) is 4.94. The fourth-order valence-corrected chi connectivity index (χ4v) is 4.98. The summed E-state index contributed by atoms with van der Waals surface area (Å²) in [6, 6.07) is 2.14. The highest BCUT2D eigenvalue weighted by Gasteiger charge is 2.29. The van der Waals surface area contributed by atoms with Gasteiger partial charge in [-0.3, -0.25) is 9.89 Å². The number of amides is 1. The van der Waals surface area contributed by atoms with E-state index in [4.69, 9.17) is 0 Å². The lowest BCUT2D eigenvalue weighted by Gasteiger charge is -2.32. The van der Waals surface area contributed by atoms with Crippen molar-refractivity contribution in [2.24, 2.45) is 0 Å². The summed E-state index contributed by atoms with van der Waals surface area (Å²) in [7, 11) is 0. The van der Waals surface area contributed by atoms with Gasteiger partial charge in [0.05, 0.1) is 11.1 Å². The molecule has 0 radical (unpaired) electrons. The average Bonchev–Trinajstić information content (AvgIpc) is 3.21. The molecule has 2 aromatic rings. The molecule has 1 unspecified atom stereocenters. The van der Waals surface area contributed by atoms with Crippen LogP contribution in [0.3, 0.4) is 0 Å². The average molecular weight is 315 g/mol. The molecule has 22 heavy (non-hydrogen) atoms. The van der Waals surface area contributed by atoms with Crippen molar-refractivity contribution in [3.63, 3.8) is 0 Å². The number of fused-ring (bicyclic) bond motifs is 1. The van der Waals surface area contributed by atoms with E-state index in [0.29, 0.717) is 5.92 Å². The molecule has 1 amide bonds. The predicted molar refractivity (Wildman–Crippen MR) is 87.5 cm³/mol. The van der Waals surface area contributed by atoms with Crippen molar-refractivity contribution in [1.29, 1.82) is 0 Å². The fraction of sp³-hybridized carbons (Fsp3) is 0.529. The van der Waals surface area contributed by atoms with Gasteiger partial charge in [0.2, 0.25) is 0 Å². The van der Waals surface area contributed by atoms with E-state index in [9.17, 15) is 4.79 Å². The van der Waals surface area contributed by atoms with E-state index >= 15 is 0 Å². The van der Waals surface area contributed by atoms with E-state index in [1.165, 1.54) is 28.1 Å². The minimum atomic E-state index is 0.223. The molecule has 4 nitrogen and oxygen atoms in total. The van der Waals surface area contributed by atoms with Gasteiger partial charge in [-0.25, -0.2) is 0 Å². The smallest absolute Gasteiger partial charge is 0.263 e. The van der Waals surface area contributed by atoms with Crippen molar-refractivity contribution in [1.82, 2.24) is 15.1 Å². The van der Waals surface area contributed by atoms with Crippen LogP contribution >= 0.6 is 11.3 Å². The molecular formula is C17H21N3OS. The largest absolute Gasteiger partial charge is 0.337 e. The van der Waals surface area contributed by atoms with Crippen LogP contribution in [0.2, 0.25) is 0 Å². The summed E-state index contributed by atoms with van der Waals surface area (Å²) in [6.07, 6.45) is 7.63. The summed E-state index contributed by atoms with van der Waals surface area (Å²) in [6.45, 7) is 3.78. The standard InChI is InChI=1S/C17H21N3OS/c1-11-9-18-19-16(11)13-5-3-7-20(10-13)17(21)15-8-12-4-2-6-14(12)22-15/h8-9,13H,2-7,10H2,1H3,(H,18,19). The Kier molecular flexibility index (Phi) is 3.53. The highest BCUT2D eigenvalue weighted by atomic mass is 32.1. The SMILES string of the molecule is Cc1cn[nH]c1C1CCCN(C(=O)c2cc3c(s2)CCC3)C1. The topological polar surface area (TPSA) is 49.0 Å². The number of nitrogens with zero attached hydrogens (tertiary/aromatic N) is 2. The van der Waals surface area contributed by atoms with Gasteiger partial charge in [0, 0.05) is 29.6 Å². The number of aromatic nitrogens is 2. The predicted octanol–water partition coefficient (Wildman–Crippen LogP) is 3.29. The number of thiophene rings is 1. The number of carbonyl (C=O) groups excluding carboxylic acids is 1. The van der Waals surface area contributed by atoms with Crippen molar-refractivity contribution in [2.75, 3.05) is 13.1 Å². The van der Waals surface area contributed by atoms with Gasteiger partial charge in [0.15, 0.2) is 0 Å². The zero-order chi connectivity index (χ0) is 15.1. The Morgan fingerprint density at radius 2 is 2.32 bits per heavy atom. The van der Waals surface area contributed by atoms with E-state index in [2.05, 4.69) is 23.2 Å². The maximum absolute atomic E-state index is 12.8. The summed E-state index contributed by atoms with van der Waals surface area (Å²) in [5, 5.41) is 7.25. The van der Waals surface area contributed by atoms with E-state index < -0.39 is 0 Å². The van der Waals surface area contributed by atoms with Gasteiger partial charge in [-0.1, -0.05) is 0 Å². The van der Waals surface area contributed by atoms with Gasteiger partial charge < -0.3 is 4.90 Å². The number of likely N-dealkylation sites (tertiary alicyclic amines) is 1. The Morgan fingerprint density at radius 3 is 3.09 bits per heavy atom. The molecule has 116 valence electrons. The van der Waals surface area contributed by atoms with Gasteiger partial charge in [-0.15, -0.1) is 11.3 Å². The normalized spacial score (nSPS) is 21.1. The molecular weight excluding hydrogens is 294 g/mol. The summed E-state index contributed by atoms with van der Waals surface area (Å²) in [4.78, 5) is 17.2. The molecule has 1 saturated heterocycles. The number of piperidine rings is 1. The monoisotopic (exact) mass is 315 g/mol. The zero-order valence-corrected chi connectivity index (χ0v) is 13.7. The summed E-state index contributed by atoms with van der Waals surface area (Å²) >= 11 is 1.71. The maximum Gasteiger partial charge on any atom is 0.263 e. The van der Waals surface area contributed by atoms with E-state index in [1.54, 1.807) is 11.3 Å². The number of hydrogen-bond donors (Lipinski definition) is 1. The van der Waals surface area contributed by atoms with E-state index in [0.717, 1.165) is 43.6 Å². The van der Waals surface area contributed by atoms with Crippen molar-refractivity contribution < 1.29 is 4.79 Å². The second-order valence-corrected chi connectivity index (χ2v) is 7.61. The lowest BCUT2D eigenvalue weighted by Crippen LogP contribution is -2.39. The fourth-order valence-electron chi connectivity index (χ4n) is 3.76. The molecule has 1 aliphatic heterocycles. The van der Waals surface area contributed by atoms with Gasteiger partial charge >= 0.3 is 0 Å². The quantitative estimate of drug-likeness (QED) is 0.924. The number of aryl methyl sites for hydroxylation is 3. The molecule has 0 saturated carbocycles. The zero-order valence-electron chi connectivity index (χ0n) is 12.9. The minimum absolute atomic E-state index is 0.223. The Balaban J connectivity index is 1.52. The molecule has 1 N–H and O–H groups in total. The highest BCUT2D eigenvalue weighted by molar-refractivity contribution is 7.14. The van der Waals surface area contributed by atoms with Crippen LogP contribution in [0, 0.1) is 6.92 Å². The highest BCUT2D eigenvalue weighted by Crippen LogP contribution is 2.33. The van der Waals surface area contributed by atoms with Gasteiger partial charge in [0.1, 0.15) is 0 Å². The first-order valence-electron chi connectivity index (χ1n) is 8.13. The first-order chi connectivity index (χ1) is 10.7. The summed E-state index contributed by atoms with van der Waals surface area (Å²) in [5.74, 6) is 0.619. The minimum Gasteiger partial charge on any atom is -0.337 e. The number of hydrogen-bond acceptors (Lipinski definition) is 3. The van der Waals surface area contributed by atoms with Crippen molar-refractivity contribution in [3.05, 3.63) is 38.8 Å². The van der Waals surface area contributed by atoms with Gasteiger partial charge in [-0.2, -0.15) is 5.10 Å². The van der Waals surface area contributed by atoms with Crippen molar-refractivity contribution >= 4 is 17.2 Å². The Labute approximate surface area is 134 Å². The summed E-state index contributed by atoms with van der Waals surface area (Å²) < 4.78 is 0. The van der Waals surface area contributed by atoms with Gasteiger partial charge in [-0.05, 0) is 56.2 Å². The molecule has 0 spiro atoms. The molecule has 0 bridgehead atoms. The molecule has 3 heterocycles. The van der Waals surface area contributed by atoms with Crippen molar-refractivity contribution in [2.45, 2.75) is 44.9 Å². The Hall–Kier alpha value is -1.62. The van der Waals surface area contributed by atoms with Crippen LogP contribution in [0.4, 0.5) is 0 Å². The third kappa shape index (κ3) is 2.37. The Morgan fingerprint density at radius 1 is 1.41 bits per heavy atom. The first-order valence-corrected chi connectivity index (χ1v) is 8.95. The number of aromatic amines is 1. The van der Waals surface area contributed by atoms with Gasteiger partial charge in [0.25, 0.3) is 5.91 Å². The Bertz CT molecular complexity index is 681. The number of H-pyrrole nitrogens is 1. The van der Waals surface area contributed by atoms with Crippen LogP contribution in [0.1, 0.15) is 56.6 Å². The number of nitrogens with one attached hydrogen (secondary N) is 1. The van der Waals surface area contributed by atoms with Crippen LogP contribution in [0.5, 0.6) is 0 Å². The second-order valence-electron chi connectivity index (χ2n) is 6.47. The van der Waals surface area contributed by atoms with Crippen LogP contribution in [-0.2, 0) is 12.8 Å². The number of carbonyl (C=O) groups is 1. The number of rotatable bonds is 2. The third-order valence-corrected chi connectivity index (χ3v) is 6.17. The van der Waals surface area contributed by atoms with Crippen LogP contribution in [-0.4, -0.2) is 34.1 Å². The molecule has 2 aromatic heterocycles. The van der Waals surface area contributed by atoms with E-state index in [-0.39, 0.29) is 5.91 Å². The van der Waals surface area contributed by atoms with E-state index in [1.807, 2.05) is 11.1 Å². The molecule has 5 heteroatoms.